The minimum absolute atomic E-state index is 0.00677. The summed E-state index contributed by atoms with van der Waals surface area (Å²) >= 11 is 0. The number of benzene rings is 1. The van der Waals surface area contributed by atoms with E-state index in [0.29, 0.717) is 11.3 Å². The maximum absolute atomic E-state index is 12.5. The van der Waals surface area contributed by atoms with Gasteiger partial charge in [0.05, 0.1) is 5.54 Å². The minimum Gasteiger partial charge on any atom is -0.294 e. The van der Waals surface area contributed by atoms with Crippen LogP contribution < -0.4 is 0 Å². The number of aromatic nitrogens is 2. The molecule has 1 aromatic heterocycles. The molecule has 25 heavy (non-hydrogen) atoms. The van der Waals surface area contributed by atoms with Gasteiger partial charge in [-0.05, 0) is 39.7 Å². The lowest BCUT2D eigenvalue weighted by atomic mass is 10.0. The normalized spacial score (nSPS) is 11.8. The monoisotopic (exact) mass is 340 g/mol. The highest BCUT2D eigenvalue weighted by Crippen LogP contribution is 2.24. The topological polar surface area (TPSA) is 52.0 Å². The van der Waals surface area contributed by atoms with Gasteiger partial charge in [-0.1, -0.05) is 43.7 Å². The van der Waals surface area contributed by atoms with E-state index in [1.54, 1.807) is 0 Å². The summed E-state index contributed by atoms with van der Waals surface area (Å²) in [6, 6.07) is 9.32. The molecule has 1 aromatic carbocycles. The molecule has 0 atom stereocenters. The molecule has 0 amide bonds. The van der Waals surface area contributed by atoms with Crippen LogP contribution in [0.2, 0.25) is 0 Å². The Hall–Kier alpha value is -2.23. The fourth-order valence-corrected chi connectivity index (χ4v) is 2.72. The number of aryl methyl sites for hydroxylation is 1. The van der Waals surface area contributed by atoms with Gasteiger partial charge in [0.2, 0.25) is 0 Å². The van der Waals surface area contributed by atoms with E-state index >= 15 is 0 Å². The maximum atomic E-state index is 12.5. The van der Waals surface area contributed by atoms with E-state index in [4.69, 9.17) is 0 Å². The summed E-state index contributed by atoms with van der Waals surface area (Å²) in [6.45, 7) is 12.4. The molecule has 0 spiro atoms. The number of hydrogen-bond acceptors (Lipinski definition) is 3. The largest absolute Gasteiger partial charge is 0.294 e. The van der Waals surface area contributed by atoms with Gasteiger partial charge in [-0.25, -0.2) is 0 Å². The molecular weight excluding hydrogens is 312 g/mol. The summed E-state index contributed by atoms with van der Waals surface area (Å²) < 4.78 is 1.92. The van der Waals surface area contributed by atoms with Gasteiger partial charge in [0.1, 0.15) is 5.69 Å². The van der Waals surface area contributed by atoms with E-state index in [1.807, 2.05) is 41.9 Å². The average Bonchev–Trinajstić information content (AvgIpc) is 2.99. The van der Waals surface area contributed by atoms with Crippen molar-refractivity contribution in [1.29, 1.82) is 0 Å². The molecule has 0 N–H and O–H groups in total. The molecule has 0 saturated heterocycles. The highest BCUT2D eigenvalue weighted by Gasteiger charge is 2.23. The van der Waals surface area contributed by atoms with Crippen molar-refractivity contribution in [3.63, 3.8) is 0 Å². The molecular formula is C21H28N2O2. The Morgan fingerprint density at radius 2 is 1.60 bits per heavy atom. The van der Waals surface area contributed by atoms with Crippen LogP contribution in [0.25, 0.3) is 0 Å². The van der Waals surface area contributed by atoms with Crippen molar-refractivity contribution >= 4 is 11.6 Å². The summed E-state index contributed by atoms with van der Waals surface area (Å²) in [5.41, 5.74) is 3.08. The van der Waals surface area contributed by atoms with Crippen molar-refractivity contribution in [2.75, 3.05) is 0 Å². The van der Waals surface area contributed by atoms with E-state index < -0.39 is 0 Å². The van der Waals surface area contributed by atoms with E-state index in [-0.39, 0.29) is 35.9 Å². The first kappa shape index (κ1) is 19.1. The third-order valence-electron chi connectivity index (χ3n) is 4.20. The van der Waals surface area contributed by atoms with Crippen LogP contribution in [-0.2, 0) is 5.54 Å². The van der Waals surface area contributed by atoms with Gasteiger partial charge in [-0.3, -0.25) is 14.3 Å². The quantitative estimate of drug-likeness (QED) is 0.702. The van der Waals surface area contributed by atoms with Crippen molar-refractivity contribution in [1.82, 2.24) is 9.78 Å². The Kier molecular flexibility index (Phi) is 5.61. The van der Waals surface area contributed by atoms with Crippen LogP contribution in [0.15, 0.2) is 30.3 Å². The highest BCUT2D eigenvalue weighted by molar-refractivity contribution is 6.01. The Bertz CT molecular complexity index is 762. The number of rotatable bonds is 6. The van der Waals surface area contributed by atoms with Crippen molar-refractivity contribution in [2.45, 2.75) is 65.8 Å². The second-order valence-corrected chi connectivity index (χ2v) is 7.90. The third kappa shape index (κ3) is 4.65. The van der Waals surface area contributed by atoms with Crippen molar-refractivity contribution < 1.29 is 9.59 Å². The van der Waals surface area contributed by atoms with Gasteiger partial charge in [-0.2, -0.15) is 5.10 Å². The second-order valence-electron chi connectivity index (χ2n) is 7.90. The molecule has 2 rings (SSSR count). The first-order valence-electron chi connectivity index (χ1n) is 8.83. The smallest absolute Gasteiger partial charge is 0.183 e. The predicted octanol–water partition coefficient (Wildman–Crippen LogP) is 4.92. The molecule has 0 aliphatic carbocycles. The van der Waals surface area contributed by atoms with Gasteiger partial charge in [0.15, 0.2) is 11.6 Å². The average molecular weight is 340 g/mol. The van der Waals surface area contributed by atoms with Gasteiger partial charge >= 0.3 is 0 Å². The lowest BCUT2D eigenvalue weighted by Gasteiger charge is -2.23. The maximum Gasteiger partial charge on any atom is 0.183 e. The predicted molar refractivity (Wildman–Crippen MR) is 100 cm³/mol. The van der Waals surface area contributed by atoms with Crippen molar-refractivity contribution in [3.05, 3.63) is 52.8 Å². The van der Waals surface area contributed by atoms with Gasteiger partial charge in [-0.15, -0.1) is 0 Å². The molecule has 4 nitrogen and oxygen atoms in total. The third-order valence-corrected chi connectivity index (χ3v) is 4.20. The SMILES string of the molecule is Cc1ccc(C(=O)CCC(=O)c2cc(C(C)C)n(C(C)(C)C)n2)cc1. The standard InChI is InChI=1S/C21H28N2O2/c1-14(2)18-13-17(22-23(18)21(4,5)6)20(25)12-11-19(24)16-9-7-15(3)8-10-16/h7-10,13-14H,11-12H2,1-6H3. The number of hydrogen-bond donors (Lipinski definition) is 0. The van der Waals surface area contributed by atoms with Gasteiger partial charge in [0, 0.05) is 24.1 Å². The molecule has 0 bridgehead atoms. The van der Waals surface area contributed by atoms with Crippen molar-refractivity contribution in [2.24, 2.45) is 0 Å². The Balaban J connectivity index is 2.11. The summed E-state index contributed by atoms with van der Waals surface area (Å²) in [6.07, 6.45) is 0.396. The van der Waals surface area contributed by atoms with Crippen LogP contribution >= 0.6 is 0 Å². The summed E-state index contributed by atoms with van der Waals surface area (Å²) in [5, 5.41) is 4.52. The minimum atomic E-state index is -0.185. The van der Waals surface area contributed by atoms with E-state index in [9.17, 15) is 9.59 Å². The molecule has 0 radical (unpaired) electrons. The van der Waals surface area contributed by atoms with Gasteiger partial charge in [0.25, 0.3) is 0 Å². The number of carbonyl (C=O) groups excluding carboxylic acids is 2. The number of carbonyl (C=O) groups is 2. The fourth-order valence-electron chi connectivity index (χ4n) is 2.72. The van der Waals surface area contributed by atoms with Crippen LogP contribution in [0.1, 0.15) is 85.5 Å². The molecule has 0 saturated carbocycles. The fraction of sp³-hybridized carbons (Fsp3) is 0.476. The molecule has 4 heteroatoms. The molecule has 0 aliphatic heterocycles. The second kappa shape index (κ2) is 7.34. The van der Waals surface area contributed by atoms with E-state index in [0.717, 1.165) is 11.3 Å². The van der Waals surface area contributed by atoms with Crippen LogP contribution in [-0.4, -0.2) is 21.3 Å². The summed E-state index contributed by atoms with van der Waals surface area (Å²) in [7, 11) is 0. The zero-order valence-electron chi connectivity index (χ0n) is 16.1. The molecule has 0 unspecified atom stereocenters. The Morgan fingerprint density at radius 1 is 1.04 bits per heavy atom. The molecule has 134 valence electrons. The van der Waals surface area contributed by atoms with Crippen LogP contribution in [0.3, 0.4) is 0 Å². The zero-order chi connectivity index (χ0) is 18.8. The summed E-state index contributed by atoms with van der Waals surface area (Å²) in [5.74, 6) is 0.195. The Labute approximate surface area is 150 Å². The first-order chi connectivity index (χ1) is 11.6. The lowest BCUT2D eigenvalue weighted by molar-refractivity contribution is 0.0914. The van der Waals surface area contributed by atoms with E-state index in [2.05, 4.69) is 39.7 Å². The van der Waals surface area contributed by atoms with Crippen LogP contribution in [0.5, 0.6) is 0 Å². The summed E-state index contributed by atoms with van der Waals surface area (Å²) in [4.78, 5) is 24.8. The van der Waals surface area contributed by atoms with Crippen LogP contribution in [0.4, 0.5) is 0 Å². The number of ketones is 2. The van der Waals surface area contributed by atoms with Gasteiger partial charge < -0.3 is 0 Å². The molecule has 2 aromatic rings. The molecule has 0 aliphatic rings. The molecule has 0 fully saturated rings. The molecule has 1 heterocycles. The van der Waals surface area contributed by atoms with E-state index in [1.165, 1.54) is 0 Å². The number of nitrogens with zero attached hydrogens (tertiary/aromatic N) is 2. The lowest BCUT2D eigenvalue weighted by Crippen LogP contribution is -2.26. The van der Waals surface area contributed by atoms with Crippen LogP contribution in [0, 0.1) is 6.92 Å². The highest BCUT2D eigenvalue weighted by atomic mass is 16.1. The van der Waals surface area contributed by atoms with Crippen molar-refractivity contribution in [3.8, 4) is 0 Å². The first-order valence-corrected chi connectivity index (χ1v) is 8.83. The zero-order valence-corrected chi connectivity index (χ0v) is 16.1. The number of Topliss-reactive ketones (excluding diaryl/α,β-unsaturated/α-hetero) is 2. The Morgan fingerprint density at radius 3 is 2.08 bits per heavy atom.